The summed E-state index contributed by atoms with van der Waals surface area (Å²) in [6.07, 6.45) is -0.707. The first kappa shape index (κ1) is 44.5. The van der Waals surface area contributed by atoms with Crippen molar-refractivity contribution in [3.63, 3.8) is 0 Å². The number of phenolic OH excluding ortho intramolecular Hbond substituents is 1. The molecule has 1 heterocycles. The highest BCUT2D eigenvalue weighted by Crippen LogP contribution is 2.39. The fraction of sp³-hybridized carbons (Fsp3) is 0.300. The quantitative estimate of drug-likeness (QED) is 0.107. The predicted octanol–water partition coefficient (Wildman–Crippen LogP) is 9.17. The minimum atomic E-state index is -4.54. The van der Waals surface area contributed by atoms with Crippen LogP contribution in [-0.4, -0.2) is 54.9 Å². The maximum Gasteiger partial charge on any atom is 0.338 e. The fourth-order valence-corrected chi connectivity index (χ4v) is 8.04. The van der Waals surface area contributed by atoms with Crippen LogP contribution in [0.2, 0.25) is 20.1 Å². The van der Waals surface area contributed by atoms with Gasteiger partial charge >= 0.3 is 5.97 Å². The molecule has 0 bridgehead atoms. The van der Waals surface area contributed by atoms with Crippen molar-refractivity contribution >= 4 is 97.1 Å². The number of sulfonamides is 1. The van der Waals surface area contributed by atoms with E-state index in [1.165, 1.54) is 60.7 Å². The van der Waals surface area contributed by atoms with E-state index >= 15 is 0 Å². The number of ether oxygens (including phenoxy) is 2. The van der Waals surface area contributed by atoms with Crippen LogP contribution in [0, 0.1) is 0 Å². The van der Waals surface area contributed by atoms with Crippen LogP contribution in [0.1, 0.15) is 70.8 Å². The number of benzene rings is 4. The van der Waals surface area contributed by atoms with E-state index in [2.05, 4.69) is 20.5 Å². The van der Waals surface area contributed by atoms with E-state index in [4.69, 9.17) is 55.9 Å². The lowest BCUT2D eigenvalue weighted by Gasteiger charge is -2.23. The highest BCUT2D eigenvalue weighted by Gasteiger charge is 2.42. The standard InChI is InChI=1S/C40H41Cl4N5O8S/c1-8-32(56-24-13-15-31(50)26(20-24)39(2,3)4)36(51)45-23-10-9-11-25(19-23)58(54,55)48-33-35(47-49(37(33)52)34-28(43)17-22(41)18-29(34)44)46-30-14-12-21(16-27(30)42)38(53)57-40(5,6)7/h9-20,32-33,48,50H,8H2,1-7H3,(H,45,51)(H,46,47). The Morgan fingerprint density at radius 3 is 2.19 bits per heavy atom. The Balaban J connectivity index is 1.41. The normalized spacial score (nSPS) is 15.2. The van der Waals surface area contributed by atoms with Gasteiger partial charge in [-0.25, -0.2) is 13.2 Å². The van der Waals surface area contributed by atoms with Crippen LogP contribution in [0.25, 0.3) is 0 Å². The SMILES string of the molecule is CCC(Oc1ccc(O)c(C(C)(C)C)c1)C(=O)Nc1cccc(S(=O)(=O)NC2C(=O)N(c3c(Cl)cc(Cl)cc3Cl)N=C2Nc2ccc(C(=O)OC(C)(C)C)cc2Cl)c1. The summed E-state index contributed by atoms with van der Waals surface area (Å²) in [5, 5.41) is 21.2. The van der Waals surface area contributed by atoms with Crippen molar-refractivity contribution < 1.29 is 37.4 Å². The first-order valence-corrected chi connectivity index (χ1v) is 20.8. The number of hydrogen-bond donors (Lipinski definition) is 4. The zero-order chi connectivity index (χ0) is 42.9. The molecule has 2 unspecified atom stereocenters. The molecule has 58 heavy (non-hydrogen) atoms. The summed E-state index contributed by atoms with van der Waals surface area (Å²) in [5.74, 6) is -1.83. The van der Waals surface area contributed by atoms with Gasteiger partial charge in [0.1, 0.15) is 22.8 Å². The maximum atomic E-state index is 14.0. The first-order chi connectivity index (χ1) is 27.0. The Kier molecular flexibility index (Phi) is 13.3. The molecule has 0 spiro atoms. The molecule has 2 amide bonds. The maximum absolute atomic E-state index is 14.0. The van der Waals surface area contributed by atoms with E-state index in [0.29, 0.717) is 11.3 Å². The number of anilines is 3. The number of amides is 2. The van der Waals surface area contributed by atoms with Crippen LogP contribution in [0.4, 0.5) is 17.1 Å². The van der Waals surface area contributed by atoms with Gasteiger partial charge in [0.2, 0.25) is 10.0 Å². The number of amidine groups is 1. The molecule has 18 heteroatoms. The van der Waals surface area contributed by atoms with Crippen molar-refractivity contribution in [2.24, 2.45) is 5.10 Å². The van der Waals surface area contributed by atoms with Crippen molar-refractivity contribution in [3.05, 3.63) is 104 Å². The van der Waals surface area contributed by atoms with E-state index in [1.807, 2.05) is 20.8 Å². The van der Waals surface area contributed by atoms with Crippen LogP contribution >= 0.6 is 46.4 Å². The third kappa shape index (κ3) is 10.5. The smallest absolute Gasteiger partial charge is 0.338 e. The van der Waals surface area contributed by atoms with Crippen LogP contribution < -0.4 is 25.1 Å². The molecule has 5 rings (SSSR count). The molecular formula is C40H41Cl4N5O8S. The molecule has 0 saturated carbocycles. The summed E-state index contributed by atoms with van der Waals surface area (Å²) >= 11 is 25.5. The van der Waals surface area contributed by atoms with Gasteiger partial charge in [0, 0.05) is 16.3 Å². The molecule has 0 saturated heterocycles. The first-order valence-electron chi connectivity index (χ1n) is 17.8. The molecule has 4 N–H and O–H groups in total. The van der Waals surface area contributed by atoms with Crippen molar-refractivity contribution in [3.8, 4) is 11.5 Å². The average Bonchev–Trinajstić information content (AvgIpc) is 3.39. The minimum absolute atomic E-state index is 0.0268. The van der Waals surface area contributed by atoms with Gasteiger partial charge in [-0.15, -0.1) is 5.10 Å². The highest BCUT2D eigenvalue weighted by atomic mass is 35.5. The third-order valence-corrected chi connectivity index (χ3v) is 10.9. The van der Waals surface area contributed by atoms with Gasteiger partial charge < -0.3 is 25.2 Å². The number of nitrogens with zero attached hydrogens (tertiary/aromatic N) is 2. The number of carbonyl (C=O) groups excluding carboxylic acids is 3. The Morgan fingerprint density at radius 1 is 0.914 bits per heavy atom. The van der Waals surface area contributed by atoms with Crippen LogP contribution in [0.15, 0.2) is 82.8 Å². The minimum Gasteiger partial charge on any atom is -0.508 e. The summed E-state index contributed by atoms with van der Waals surface area (Å²) in [5.41, 5.74) is -0.151. The van der Waals surface area contributed by atoms with E-state index in [1.54, 1.807) is 39.8 Å². The van der Waals surface area contributed by atoms with Gasteiger partial charge in [0.15, 0.2) is 18.0 Å². The highest BCUT2D eigenvalue weighted by molar-refractivity contribution is 7.89. The molecule has 4 aromatic rings. The number of aromatic hydroxyl groups is 1. The number of halogens is 4. The monoisotopic (exact) mass is 891 g/mol. The van der Waals surface area contributed by atoms with Gasteiger partial charge in [-0.05, 0) is 99.3 Å². The summed E-state index contributed by atoms with van der Waals surface area (Å²) < 4.78 is 41.8. The van der Waals surface area contributed by atoms with Gasteiger partial charge in [-0.1, -0.05) is 80.2 Å². The summed E-state index contributed by atoms with van der Waals surface area (Å²) in [6, 6.07) is 15.3. The predicted molar refractivity (Wildman–Crippen MR) is 227 cm³/mol. The molecule has 0 aliphatic carbocycles. The van der Waals surface area contributed by atoms with Gasteiger partial charge in [0.05, 0.1) is 31.2 Å². The molecule has 0 radical (unpaired) electrons. The Morgan fingerprint density at radius 2 is 1.59 bits per heavy atom. The van der Waals surface area contributed by atoms with Gasteiger partial charge in [-0.2, -0.15) is 9.73 Å². The molecule has 1 aliphatic rings. The van der Waals surface area contributed by atoms with Crippen LogP contribution in [0.5, 0.6) is 11.5 Å². The van der Waals surface area contributed by atoms with Crippen molar-refractivity contribution in [1.29, 1.82) is 0 Å². The Hall–Kier alpha value is -4.57. The molecule has 308 valence electrons. The van der Waals surface area contributed by atoms with Crippen LogP contribution in [-0.2, 0) is 29.8 Å². The second kappa shape index (κ2) is 17.3. The Bertz CT molecular complexity index is 2390. The number of carbonyl (C=O) groups is 3. The molecule has 2 atom stereocenters. The zero-order valence-corrected chi connectivity index (χ0v) is 36.2. The molecule has 13 nitrogen and oxygen atoms in total. The third-order valence-electron chi connectivity index (χ3n) is 8.40. The summed E-state index contributed by atoms with van der Waals surface area (Å²) in [6.45, 7) is 12.7. The molecule has 1 aliphatic heterocycles. The average molecular weight is 894 g/mol. The Labute approximate surface area is 356 Å². The number of rotatable bonds is 11. The van der Waals surface area contributed by atoms with Gasteiger partial charge in [0.25, 0.3) is 11.8 Å². The molecule has 0 aromatic heterocycles. The zero-order valence-electron chi connectivity index (χ0n) is 32.4. The second-order valence-electron chi connectivity index (χ2n) is 15.2. The van der Waals surface area contributed by atoms with E-state index in [0.717, 1.165) is 5.01 Å². The summed E-state index contributed by atoms with van der Waals surface area (Å²) in [4.78, 5) is 39.8. The largest absolute Gasteiger partial charge is 0.508 e. The van der Waals surface area contributed by atoms with Crippen molar-refractivity contribution in [1.82, 2.24) is 4.72 Å². The van der Waals surface area contributed by atoms with E-state index < -0.39 is 51.0 Å². The fourth-order valence-electron chi connectivity index (χ4n) is 5.64. The molecule has 4 aromatic carbocycles. The van der Waals surface area contributed by atoms with Gasteiger partial charge in [-0.3, -0.25) is 9.59 Å². The number of hydrogen-bond acceptors (Lipinski definition) is 10. The van der Waals surface area contributed by atoms with Crippen molar-refractivity contribution in [2.45, 2.75) is 82.9 Å². The van der Waals surface area contributed by atoms with Crippen molar-refractivity contribution in [2.75, 3.05) is 15.6 Å². The lowest BCUT2D eigenvalue weighted by Crippen LogP contribution is -2.48. The van der Waals surface area contributed by atoms with E-state index in [-0.39, 0.29) is 65.6 Å². The number of esters is 1. The van der Waals surface area contributed by atoms with Crippen LogP contribution in [0.3, 0.4) is 0 Å². The lowest BCUT2D eigenvalue weighted by atomic mass is 9.86. The number of nitrogens with one attached hydrogen (secondary N) is 3. The number of hydrazone groups is 1. The molecular weight excluding hydrogens is 852 g/mol. The lowest BCUT2D eigenvalue weighted by molar-refractivity contribution is -0.123. The number of phenols is 1. The van der Waals surface area contributed by atoms with E-state index in [9.17, 15) is 27.9 Å². The second-order valence-corrected chi connectivity index (χ2v) is 18.6. The summed E-state index contributed by atoms with van der Waals surface area (Å²) in [7, 11) is -4.54. The molecule has 0 fully saturated rings. The topological polar surface area (TPSA) is 176 Å².